The highest BCUT2D eigenvalue weighted by Crippen LogP contribution is 1.92. The van der Waals surface area contributed by atoms with Crippen molar-refractivity contribution in [3.8, 4) is 0 Å². The standard InChI is InChI=1S/C5H10NO/c1-4(3-6)5(2)7/h3,6H2,1-2H3. The van der Waals surface area contributed by atoms with Crippen LogP contribution in [0.3, 0.4) is 0 Å². The lowest BCUT2D eigenvalue weighted by atomic mass is 10.1. The van der Waals surface area contributed by atoms with Crippen molar-refractivity contribution in [1.29, 1.82) is 0 Å². The van der Waals surface area contributed by atoms with Gasteiger partial charge in [-0.15, -0.1) is 0 Å². The third kappa shape index (κ3) is 2.34. The van der Waals surface area contributed by atoms with Crippen LogP contribution in [0.15, 0.2) is 0 Å². The fourth-order valence-electron chi connectivity index (χ4n) is 0.144. The Morgan fingerprint density at radius 2 is 2.00 bits per heavy atom. The van der Waals surface area contributed by atoms with E-state index >= 15 is 0 Å². The molecule has 1 radical (unpaired) electrons. The van der Waals surface area contributed by atoms with Crippen LogP contribution in [0, 0.1) is 5.92 Å². The summed E-state index contributed by atoms with van der Waals surface area (Å²) in [4.78, 5) is 10.3. The second-order valence-corrected chi connectivity index (χ2v) is 1.54. The van der Waals surface area contributed by atoms with Crippen molar-refractivity contribution >= 4 is 5.78 Å². The van der Waals surface area contributed by atoms with Crippen molar-refractivity contribution in [3.63, 3.8) is 0 Å². The lowest BCUT2D eigenvalue weighted by Crippen LogP contribution is -2.15. The van der Waals surface area contributed by atoms with E-state index in [9.17, 15) is 4.79 Å². The molecule has 0 bridgehead atoms. The summed E-state index contributed by atoms with van der Waals surface area (Å²) in [6.07, 6.45) is 0. The molecule has 0 aliphatic heterocycles. The van der Waals surface area contributed by atoms with Gasteiger partial charge < -0.3 is 5.73 Å². The zero-order chi connectivity index (χ0) is 5.86. The summed E-state index contributed by atoms with van der Waals surface area (Å²) >= 11 is 0. The van der Waals surface area contributed by atoms with Gasteiger partial charge in [0.25, 0.3) is 0 Å². The Morgan fingerprint density at radius 3 is 2.00 bits per heavy atom. The Hall–Kier alpha value is -0.370. The van der Waals surface area contributed by atoms with Crippen LogP contribution in [0.1, 0.15) is 13.8 Å². The van der Waals surface area contributed by atoms with E-state index in [4.69, 9.17) is 5.73 Å². The van der Waals surface area contributed by atoms with Gasteiger partial charge in [-0.2, -0.15) is 0 Å². The van der Waals surface area contributed by atoms with E-state index in [0.717, 1.165) is 5.92 Å². The van der Waals surface area contributed by atoms with Gasteiger partial charge in [0.1, 0.15) is 5.78 Å². The van der Waals surface area contributed by atoms with Gasteiger partial charge in [-0.3, -0.25) is 4.79 Å². The van der Waals surface area contributed by atoms with Crippen LogP contribution in [0.25, 0.3) is 0 Å². The number of ketones is 1. The van der Waals surface area contributed by atoms with E-state index in [0.29, 0.717) is 6.54 Å². The second kappa shape index (κ2) is 2.75. The molecular weight excluding hydrogens is 90.1 g/mol. The first-order valence-corrected chi connectivity index (χ1v) is 2.22. The normalized spacial score (nSPS) is 9.71. The molecule has 0 spiro atoms. The largest absolute Gasteiger partial charge is 0.329 e. The molecule has 2 heteroatoms. The maximum absolute atomic E-state index is 10.3. The third-order valence-corrected chi connectivity index (χ3v) is 0.907. The number of carbonyl (C=O) groups excluding carboxylic acids is 1. The summed E-state index contributed by atoms with van der Waals surface area (Å²) in [5.41, 5.74) is 5.12. The monoisotopic (exact) mass is 100 g/mol. The van der Waals surface area contributed by atoms with Gasteiger partial charge in [0, 0.05) is 6.54 Å². The highest BCUT2D eigenvalue weighted by atomic mass is 16.1. The molecule has 0 rings (SSSR count). The molecule has 0 aliphatic carbocycles. The van der Waals surface area contributed by atoms with Crippen molar-refractivity contribution in [1.82, 2.24) is 0 Å². The van der Waals surface area contributed by atoms with E-state index < -0.39 is 0 Å². The van der Waals surface area contributed by atoms with Gasteiger partial charge in [-0.25, -0.2) is 0 Å². The fourth-order valence-corrected chi connectivity index (χ4v) is 0.144. The topological polar surface area (TPSA) is 43.1 Å². The summed E-state index contributed by atoms with van der Waals surface area (Å²) in [6, 6.07) is 0. The molecule has 0 aromatic carbocycles. The van der Waals surface area contributed by atoms with E-state index in [1.54, 1.807) is 6.92 Å². The predicted molar refractivity (Wildman–Crippen MR) is 28.7 cm³/mol. The maximum atomic E-state index is 10.3. The Kier molecular flexibility index (Phi) is 2.60. The maximum Gasteiger partial charge on any atom is 0.137 e. The third-order valence-electron chi connectivity index (χ3n) is 0.907. The van der Waals surface area contributed by atoms with E-state index in [1.165, 1.54) is 6.92 Å². The lowest BCUT2D eigenvalue weighted by molar-refractivity contribution is -0.115. The van der Waals surface area contributed by atoms with Crippen molar-refractivity contribution in [2.24, 2.45) is 5.73 Å². The van der Waals surface area contributed by atoms with Crippen LogP contribution in [-0.4, -0.2) is 12.3 Å². The molecule has 0 aromatic heterocycles. The number of Topliss-reactive ketones (excluding diaryl/α,β-unsaturated/α-hetero) is 1. The minimum Gasteiger partial charge on any atom is -0.329 e. The molecule has 2 nitrogen and oxygen atoms in total. The molecule has 0 heterocycles. The summed E-state index contributed by atoms with van der Waals surface area (Å²) in [5.74, 6) is 0.822. The molecule has 41 valence electrons. The highest BCUT2D eigenvalue weighted by molar-refractivity contribution is 5.89. The minimum atomic E-state index is 0.0856. The number of hydrogen-bond donors (Lipinski definition) is 1. The average Bonchev–Trinajstić information content (AvgIpc) is 1.65. The minimum absolute atomic E-state index is 0.0856. The zero-order valence-electron chi connectivity index (χ0n) is 4.69. The molecule has 0 fully saturated rings. The quantitative estimate of drug-likeness (QED) is 0.536. The van der Waals surface area contributed by atoms with Crippen LogP contribution >= 0.6 is 0 Å². The molecule has 0 aliphatic rings. The Bertz CT molecular complexity index is 70.5. The molecule has 7 heavy (non-hydrogen) atoms. The Balaban J connectivity index is 3.34. The van der Waals surface area contributed by atoms with Gasteiger partial charge >= 0.3 is 0 Å². The van der Waals surface area contributed by atoms with Crippen LogP contribution in [-0.2, 0) is 4.79 Å². The number of carbonyl (C=O) groups is 1. The Labute approximate surface area is 43.7 Å². The van der Waals surface area contributed by atoms with Gasteiger partial charge in [0.2, 0.25) is 0 Å². The number of rotatable bonds is 2. The average molecular weight is 100 g/mol. The summed E-state index contributed by atoms with van der Waals surface area (Å²) in [6.45, 7) is 3.64. The van der Waals surface area contributed by atoms with Crippen LogP contribution in [0.4, 0.5) is 0 Å². The number of hydrogen-bond acceptors (Lipinski definition) is 2. The summed E-state index contributed by atoms with van der Waals surface area (Å²) < 4.78 is 0. The van der Waals surface area contributed by atoms with Crippen molar-refractivity contribution in [3.05, 3.63) is 5.92 Å². The zero-order valence-corrected chi connectivity index (χ0v) is 4.69. The molecule has 0 atom stereocenters. The smallest absolute Gasteiger partial charge is 0.137 e. The molecule has 0 unspecified atom stereocenters. The first-order chi connectivity index (χ1) is 3.18. The van der Waals surface area contributed by atoms with Crippen LogP contribution < -0.4 is 5.73 Å². The molecule has 0 aromatic rings. The van der Waals surface area contributed by atoms with Crippen LogP contribution in [0.5, 0.6) is 0 Å². The van der Waals surface area contributed by atoms with Gasteiger partial charge in [-0.05, 0) is 6.92 Å². The molecule has 0 amide bonds. The molecule has 0 saturated carbocycles. The molecule has 2 N–H and O–H groups in total. The Morgan fingerprint density at radius 1 is 1.57 bits per heavy atom. The second-order valence-electron chi connectivity index (χ2n) is 1.54. The van der Waals surface area contributed by atoms with E-state index in [-0.39, 0.29) is 5.78 Å². The summed E-state index contributed by atoms with van der Waals surface area (Å²) in [5, 5.41) is 0. The number of nitrogens with two attached hydrogens (primary N) is 1. The van der Waals surface area contributed by atoms with Crippen molar-refractivity contribution < 1.29 is 4.79 Å². The highest BCUT2D eigenvalue weighted by Gasteiger charge is 2.02. The SMILES string of the molecule is C[C](CN)C(C)=O. The van der Waals surface area contributed by atoms with Crippen molar-refractivity contribution in [2.75, 3.05) is 6.54 Å². The van der Waals surface area contributed by atoms with Crippen molar-refractivity contribution in [2.45, 2.75) is 13.8 Å². The lowest BCUT2D eigenvalue weighted by Gasteiger charge is -1.97. The first kappa shape index (κ1) is 6.63. The van der Waals surface area contributed by atoms with Gasteiger partial charge in [0.15, 0.2) is 0 Å². The summed E-state index contributed by atoms with van der Waals surface area (Å²) in [7, 11) is 0. The van der Waals surface area contributed by atoms with E-state index in [2.05, 4.69) is 0 Å². The predicted octanol–water partition coefficient (Wildman–Crippen LogP) is 0.128. The van der Waals surface area contributed by atoms with E-state index in [1.807, 2.05) is 0 Å². The fraction of sp³-hybridized carbons (Fsp3) is 0.600. The van der Waals surface area contributed by atoms with Gasteiger partial charge in [-0.1, -0.05) is 6.92 Å². The molecule has 0 saturated heterocycles. The molecular formula is C5H10NO. The van der Waals surface area contributed by atoms with Crippen LogP contribution in [0.2, 0.25) is 0 Å². The first-order valence-electron chi connectivity index (χ1n) is 2.22. The van der Waals surface area contributed by atoms with Gasteiger partial charge in [0.05, 0.1) is 5.92 Å².